The van der Waals surface area contributed by atoms with Crippen molar-refractivity contribution in [1.29, 1.82) is 0 Å². The Bertz CT molecular complexity index is 103. The van der Waals surface area contributed by atoms with E-state index in [0.29, 0.717) is 6.42 Å². The van der Waals surface area contributed by atoms with Gasteiger partial charge in [-0.15, -0.1) is 17.6 Å². The molecule has 4 N–H and O–H groups in total. The van der Waals surface area contributed by atoms with Crippen molar-refractivity contribution in [3.63, 3.8) is 0 Å². The maximum Gasteiger partial charge on any atom is 0.119 e. The van der Waals surface area contributed by atoms with E-state index < -0.39 is 0 Å². The van der Waals surface area contributed by atoms with Crippen LogP contribution in [0.3, 0.4) is 0 Å². The van der Waals surface area contributed by atoms with Crippen LogP contribution < -0.4 is 5.90 Å². The van der Waals surface area contributed by atoms with Gasteiger partial charge in [0.15, 0.2) is 0 Å². The normalized spacial score (nSPS) is 7.43. The fourth-order valence-corrected chi connectivity index (χ4v) is 0.305. The highest BCUT2D eigenvalue weighted by Crippen LogP contribution is 1.77. The largest absolute Gasteiger partial charge is 0.411 e. The molecule has 0 rings (SSSR count). The van der Waals surface area contributed by atoms with Gasteiger partial charge in [-0.2, -0.15) is 0 Å². The van der Waals surface area contributed by atoms with Gasteiger partial charge in [-0.1, -0.05) is 20.3 Å². The molecule has 0 saturated heterocycles. The SMILES string of the molecule is CCC/C=N/O.CCCC=O.Cl.NO. The maximum absolute atomic E-state index is 9.40. The predicted octanol–water partition coefficient (Wildman–Crippen LogP) is 1.99. The van der Waals surface area contributed by atoms with E-state index in [-0.39, 0.29) is 12.4 Å². The van der Waals surface area contributed by atoms with Crippen molar-refractivity contribution in [1.82, 2.24) is 0 Å². The fraction of sp³-hybridized carbons (Fsp3) is 0.750. The van der Waals surface area contributed by atoms with Crippen molar-refractivity contribution in [2.45, 2.75) is 39.5 Å². The molecule has 0 aromatic rings. The molecule has 0 aromatic heterocycles. The minimum absolute atomic E-state index is 0. The number of oxime groups is 1. The Labute approximate surface area is 91.4 Å². The Morgan fingerprint density at radius 2 is 1.64 bits per heavy atom. The summed E-state index contributed by atoms with van der Waals surface area (Å²) in [6.07, 6.45) is 6.02. The van der Waals surface area contributed by atoms with E-state index in [1.165, 1.54) is 6.21 Å². The van der Waals surface area contributed by atoms with E-state index in [4.69, 9.17) is 10.4 Å². The third-order valence-electron chi connectivity index (χ3n) is 0.906. The Balaban J connectivity index is -0.0000000576. The first-order chi connectivity index (χ1) is 6.33. The first-order valence-electron chi connectivity index (χ1n) is 4.18. The van der Waals surface area contributed by atoms with Crippen LogP contribution in [0.15, 0.2) is 5.16 Å². The molecule has 0 aliphatic carbocycles. The number of nitrogens with two attached hydrogens (primary N) is 1. The lowest BCUT2D eigenvalue weighted by Crippen LogP contribution is -1.72. The van der Waals surface area contributed by atoms with Crippen molar-refractivity contribution < 1.29 is 15.2 Å². The van der Waals surface area contributed by atoms with Crippen LogP contribution in [-0.2, 0) is 4.79 Å². The minimum atomic E-state index is 0. The van der Waals surface area contributed by atoms with Crippen LogP contribution in [0.5, 0.6) is 0 Å². The third-order valence-corrected chi connectivity index (χ3v) is 0.906. The predicted molar refractivity (Wildman–Crippen MR) is 59.4 cm³/mol. The van der Waals surface area contributed by atoms with Gasteiger partial charge in [-0.3, -0.25) is 0 Å². The minimum Gasteiger partial charge on any atom is -0.411 e. The number of hydrogen-bond acceptors (Lipinski definition) is 5. The highest BCUT2D eigenvalue weighted by atomic mass is 35.5. The molecular formula is C8H21ClN2O3. The molecule has 0 fully saturated rings. The topological polar surface area (TPSA) is 95.9 Å². The molecule has 0 aromatic carbocycles. The summed E-state index contributed by atoms with van der Waals surface area (Å²) in [6, 6.07) is 0. The molecule has 0 aliphatic rings. The van der Waals surface area contributed by atoms with Gasteiger partial charge in [-0.25, -0.2) is 5.90 Å². The average molecular weight is 229 g/mol. The summed E-state index contributed by atoms with van der Waals surface area (Å²) in [5.41, 5.74) is 0. The van der Waals surface area contributed by atoms with Gasteiger partial charge < -0.3 is 15.2 Å². The Morgan fingerprint density at radius 1 is 1.21 bits per heavy atom. The summed E-state index contributed by atoms with van der Waals surface area (Å²) in [7, 11) is 0. The van der Waals surface area contributed by atoms with Gasteiger partial charge in [0.1, 0.15) is 6.29 Å². The molecule has 0 bridgehead atoms. The molecule has 0 saturated carbocycles. The van der Waals surface area contributed by atoms with E-state index in [9.17, 15) is 4.79 Å². The van der Waals surface area contributed by atoms with Gasteiger partial charge in [-0.05, 0) is 12.8 Å². The number of halogens is 1. The summed E-state index contributed by atoms with van der Waals surface area (Å²) in [5.74, 6) is 3.50. The first kappa shape index (κ1) is 23.3. The van der Waals surface area contributed by atoms with Crippen LogP contribution in [0.2, 0.25) is 0 Å². The lowest BCUT2D eigenvalue weighted by Gasteiger charge is -1.74. The van der Waals surface area contributed by atoms with Crippen molar-refractivity contribution >= 4 is 24.9 Å². The highest BCUT2D eigenvalue weighted by molar-refractivity contribution is 5.85. The maximum atomic E-state index is 9.40. The number of unbranched alkanes of at least 4 members (excludes halogenated alkanes) is 2. The number of aldehydes is 1. The number of hydrogen-bond donors (Lipinski definition) is 3. The molecule has 0 unspecified atom stereocenters. The second-order valence-electron chi connectivity index (χ2n) is 2.04. The second kappa shape index (κ2) is 39.5. The fourth-order valence-electron chi connectivity index (χ4n) is 0.305. The van der Waals surface area contributed by atoms with E-state index >= 15 is 0 Å². The second-order valence-corrected chi connectivity index (χ2v) is 2.04. The molecule has 5 nitrogen and oxygen atoms in total. The zero-order valence-corrected chi connectivity index (χ0v) is 9.54. The van der Waals surface area contributed by atoms with Crippen LogP contribution in [-0.4, -0.2) is 22.9 Å². The molecule has 0 heterocycles. The third kappa shape index (κ3) is 64.3. The van der Waals surface area contributed by atoms with E-state index in [1.54, 1.807) is 0 Å². The summed E-state index contributed by atoms with van der Waals surface area (Å²) in [4.78, 5) is 9.40. The van der Waals surface area contributed by atoms with E-state index in [1.807, 2.05) is 13.8 Å². The Hall–Kier alpha value is -0.650. The Kier molecular flexibility index (Phi) is 65.6. The Morgan fingerprint density at radius 3 is 1.71 bits per heavy atom. The molecule has 0 atom stereocenters. The molecule has 0 spiro atoms. The van der Waals surface area contributed by atoms with Crippen LogP contribution in [0.4, 0.5) is 0 Å². The number of carbonyl (C=O) groups excluding carboxylic acids is 1. The number of carbonyl (C=O) groups is 1. The van der Waals surface area contributed by atoms with E-state index in [2.05, 4.69) is 11.1 Å². The summed E-state index contributed by atoms with van der Waals surface area (Å²) < 4.78 is 0. The van der Waals surface area contributed by atoms with Gasteiger partial charge >= 0.3 is 0 Å². The van der Waals surface area contributed by atoms with Gasteiger partial charge in [0, 0.05) is 12.6 Å². The lowest BCUT2D eigenvalue weighted by molar-refractivity contribution is -0.107. The zero-order chi connectivity index (χ0) is 10.9. The van der Waals surface area contributed by atoms with E-state index in [0.717, 1.165) is 25.5 Å². The number of nitrogens with zero attached hydrogens (tertiary/aromatic N) is 1. The molecule has 6 heteroatoms. The molecule has 0 radical (unpaired) electrons. The first-order valence-corrected chi connectivity index (χ1v) is 4.18. The van der Waals surface area contributed by atoms with Gasteiger partial charge in [0.25, 0.3) is 0 Å². The zero-order valence-electron chi connectivity index (χ0n) is 8.72. The van der Waals surface area contributed by atoms with Crippen LogP contribution in [0, 0.1) is 0 Å². The quantitative estimate of drug-likeness (QED) is 0.297. The lowest BCUT2D eigenvalue weighted by atomic mass is 10.4. The molecule has 0 aliphatic heterocycles. The highest BCUT2D eigenvalue weighted by Gasteiger charge is 1.67. The number of rotatable bonds is 4. The smallest absolute Gasteiger partial charge is 0.119 e. The molecule has 0 amide bonds. The summed E-state index contributed by atoms with van der Waals surface area (Å²) >= 11 is 0. The summed E-state index contributed by atoms with van der Waals surface area (Å²) in [6.45, 7) is 4.01. The molecule has 88 valence electrons. The molecule has 14 heavy (non-hydrogen) atoms. The van der Waals surface area contributed by atoms with Crippen LogP contribution >= 0.6 is 12.4 Å². The standard InChI is InChI=1S/C4H9NO.C4H8O.ClH.H3NO/c1-2-3-4-5-6;1-2-3-4-5;;1-2/h4,6H,2-3H2,1H3;4H,2-3H2,1H3;1H;2H,1H2/b5-4+;;;. The van der Waals surface area contributed by atoms with Crippen LogP contribution in [0.1, 0.15) is 39.5 Å². The monoisotopic (exact) mass is 228 g/mol. The van der Waals surface area contributed by atoms with Crippen molar-refractivity contribution in [2.24, 2.45) is 11.1 Å². The van der Waals surface area contributed by atoms with Crippen molar-refractivity contribution in [2.75, 3.05) is 0 Å². The summed E-state index contributed by atoms with van der Waals surface area (Å²) in [5, 5.41) is 17.1. The average Bonchev–Trinajstić information content (AvgIpc) is 2.20. The van der Waals surface area contributed by atoms with Gasteiger partial charge in [0.05, 0.1) is 0 Å². The van der Waals surface area contributed by atoms with Crippen molar-refractivity contribution in [3.8, 4) is 0 Å². The van der Waals surface area contributed by atoms with Crippen molar-refractivity contribution in [3.05, 3.63) is 0 Å². The van der Waals surface area contributed by atoms with Gasteiger partial charge in [0.2, 0.25) is 0 Å². The van der Waals surface area contributed by atoms with Crippen LogP contribution in [0.25, 0.3) is 0 Å². The molecular weight excluding hydrogens is 208 g/mol.